The smallest absolute Gasteiger partial charge is 0.246 e. The fourth-order valence-electron chi connectivity index (χ4n) is 6.47. The number of hydrogen-bond acceptors (Lipinski definition) is 7. The quantitative estimate of drug-likeness (QED) is 0.342. The van der Waals surface area contributed by atoms with Crippen molar-refractivity contribution >= 4 is 11.9 Å². The maximum absolute atomic E-state index is 11.6. The highest BCUT2D eigenvalue weighted by Gasteiger charge is 2.40. The molecule has 8 heteroatoms. The normalized spacial score (nSPS) is 22.9. The van der Waals surface area contributed by atoms with E-state index < -0.39 is 0 Å². The molecule has 1 N–H and O–H groups in total. The number of likely N-dealkylation sites (N-methyl/N-ethyl adjacent to an activating group) is 1. The number of nitrogens with zero attached hydrogens (tertiary/aromatic N) is 5. The minimum Gasteiger partial charge on any atom is -0.369 e. The van der Waals surface area contributed by atoms with Gasteiger partial charge in [0.1, 0.15) is 6.61 Å². The van der Waals surface area contributed by atoms with E-state index in [-0.39, 0.29) is 18.6 Å². The molecule has 0 saturated carbocycles. The van der Waals surface area contributed by atoms with Gasteiger partial charge >= 0.3 is 0 Å². The first-order chi connectivity index (χ1) is 18.5. The molecule has 3 aliphatic rings. The third-order valence-electron chi connectivity index (χ3n) is 8.63. The van der Waals surface area contributed by atoms with Gasteiger partial charge in [0.05, 0.1) is 6.10 Å². The molecular formula is C30H52N6O2. The molecule has 8 nitrogen and oxygen atoms in total. The highest BCUT2D eigenvalue weighted by Crippen LogP contribution is 2.33. The van der Waals surface area contributed by atoms with Crippen LogP contribution < -0.4 is 10.2 Å². The summed E-state index contributed by atoms with van der Waals surface area (Å²) in [5, 5.41) is 2.94. The SMILES string of the molecule is CC(C)OCC(=O)NCCCCCCCCCN1CCC(c2cnc(N3C4CCC3CN(C)C4)nc2)CC1. The average molecular weight is 529 g/mol. The van der Waals surface area contributed by atoms with Gasteiger partial charge in [-0.3, -0.25) is 4.79 Å². The zero-order valence-corrected chi connectivity index (χ0v) is 24.2. The number of likely N-dealkylation sites (tertiary alicyclic amines) is 2. The second kappa shape index (κ2) is 15.1. The Morgan fingerprint density at radius 3 is 2.18 bits per heavy atom. The summed E-state index contributed by atoms with van der Waals surface area (Å²) in [4.78, 5) is 28.9. The average Bonchev–Trinajstić information content (AvgIpc) is 3.19. The first-order valence-corrected chi connectivity index (χ1v) is 15.4. The van der Waals surface area contributed by atoms with E-state index >= 15 is 0 Å². The molecule has 1 aromatic heterocycles. The fourth-order valence-corrected chi connectivity index (χ4v) is 6.47. The molecule has 3 aliphatic heterocycles. The molecule has 38 heavy (non-hydrogen) atoms. The number of unbranched alkanes of at least 4 members (excludes halogenated alkanes) is 6. The number of piperazine rings is 1. The third-order valence-corrected chi connectivity index (χ3v) is 8.63. The Labute approximate surface area is 230 Å². The van der Waals surface area contributed by atoms with Crippen LogP contribution in [-0.2, 0) is 9.53 Å². The van der Waals surface area contributed by atoms with Crippen LogP contribution in [0.25, 0.3) is 0 Å². The van der Waals surface area contributed by atoms with Crippen molar-refractivity contribution < 1.29 is 9.53 Å². The predicted octanol–water partition coefficient (Wildman–Crippen LogP) is 4.21. The molecule has 4 heterocycles. The third kappa shape index (κ3) is 8.88. The Morgan fingerprint density at radius 2 is 1.55 bits per heavy atom. The Morgan fingerprint density at radius 1 is 0.947 bits per heavy atom. The van der Waals surface area contributed by atoms with Crippen molar-refractivity contribution in [2.24, 2.45) is 0 Å². The summed E-state index contributed by atoms with van der Waals surface area (Å²) in [6.07, 6.45) is 18.1. The van der Waals surface area contributed by atoms with Crippen LogP contribution >= 0.6 is 0 Å². The number of piperidine rings is 1. The standard InChI is InChI=1S/C30H52N6O2/c1-24(2)38-23-29(37)31-15-9-7-5-4-6-8-10-16-35-17-13-25(14-18-35)26-19-32-30(33-20-26)36-27-11-12-28(36)22-34(3)21-27/h19-20,24-25,27-28H,4-18,21-23H2,1-3H3,(H,31,37). The van der Waals surface area contributed by atoms with Crippen LogP contribution in [0.15, 0.2) is 12.4 Å². The summed E-state index contributed by atoms with van der Waals surface area (Å²) in [7, 11) is 2.23. The number of fused-ring (bicyclic) bond motifs is 2. The van der Waals surface area contributed by atoms with Gasteiger partial charge in [0.25, 0.3) is 0 Å². The molecule has 0 aliphatic carbocycles. The lowest BCUT2D eigenvalue weighted by molar-refractivity contribution is -0.127. The maximum atomic E-state index is 11.6. The number of nitrogens with one attached hydrogen (secondary N) is 1. The number of rotatable bonds is 15. The first-order valence-electron chi connectivity index (χ1n) is 15.4. The molecule has 2 bridgehead atoms. The molecule has 0 radical (unpaired) electrons. The molecule has 1 aromatic rings. The number of aromatic nitrogens is 2. The lowest BCUT2D eigenvalue weighted by Gasteiger charge is -2.39. The van der Waals surface area contributed by atoms with Gasteiger partial charge in [-0.2, -0.15) is 0 Å². The van der Waals surface area contributed by atoms with Gasteiger partial charge in [-0.05, 0) is 90.5 Å². The van der Waals surface area contributed by atoms with Crippen LogP contribution in [0.2, 0.25) is 0 Å². The second-order valence-corrected chi connectivity index (χ2v) is 12.1. The van der Waals surface area contributed by atoms with E-state index in [0.29, 0.717) is 18.0 Å². The van der Waals surface area contributed by atoms with E-state index in [1.165, 1.54) is 89.4 Å². The van der Waals surface area contributed by atoms with Crippen molar-refractivity contribution in [1.82, 2.24) is 25.1 Å². The minimum atomic E-state index is 0.00162. The zero-order valence-electron chi connectivity index (χ0n) is 24.2. The molecule has 4 rings (SSSR count). The summed E-state index contributed by atoms with van der Waals surface area (Å²) in [5.41, 5.74) is 1.33. The number of ether oxygens (including phenoxy) is 1. The van der Waals surface area contributed by atoms with Crippen LogP contribution in [0, 0.1) is 0 Å². The molecular weight excluding hydrogens is 476 g/mol. The van der Waals surface area contributed by atoms with E-state index in [9.17, 15) is 4.79 Å². The van der Waals surface area contributed by atoms with Crippen molar-refractivity contribution in [3.8, 4) is 0 Å². The van der Waals surface area contributed by atoms with E-state index in [1.54, 1.807) is 0 Å². The number of carbonyl (C=O) groups is 1. The van der Waals surface area contributed by atoms with Gasteiger partial charge in [0.15, 0.2) is 0 Å². The number of anilines is 1. The predicted molar refractivity (Wildman–Crippen MR) is 154 cm³/mol. The maximum Gasteiger partial charge on any atom is 0.246 e. The monoisotopic (exact) mass is 528 g/mol. The van der Waals surface area contributed by atoms with Gasteiger partial charge in [0, 0.05) is 44.1 Å². The largest absolute Gasteiger partial charge is 0.369 e. The van der Waals surface area contributed by atoms with Crippen LogP contribution in [0.1, 0.15) is 96.0 Å². The molecule has 2 atom stereocenters. The summed E-state index contributed by atoms with van der Waals surface area (Å²) in [6, 6.07) is 1.17. The highest BCUT2D eigenvalue weighted by molar-refractivity contribution is 5.77. The Hall–Kier alpha value is -1.77. The summed E-state index contributed by atoms with van der Waals surface area (Å²) in [5.74, 6) is 1.56. The van der Waals surface area contributed by atoms with E-state index in [2.05, 4.69) is 39.5 Å². The molecule has 2 unspecified atom stereocenters. The van der Waals surface area contributed by atoms with E-state index in [0.717, 1.165) is 32.0 Å². The number of hydrogen-bond donors (Lipinski definition) is 1. The van der Waals surface area contributed by atoms with Crippen molar-refractivity contribution in [2.75, 3.05) is 57.8 Å². The minimum absolute atomic E-state index is 0.00162. The van der Waals surface area contributed by atoms with Crippen LogP contribution in [-0.4, -0.2) is 96.8 Å². The molecule has 214 valence electrons. The Balaban J connectivity index is 1.01. The first kappa shape index (κ1) is 29.2. The molecule has 0 aromatic carbocycles. The fraction of sp³-hybridized carbons (Fsp3) is 0.833. The molecule has 0 spiro atoms. The van der Waals surface area contributed by atoms with Crippen LogP contribution in [0.4, 0.5) is 5.95 Å². The summed E-state index contributed by atoms with van der Waals surface area (Å²) >= 11 is 0. The second-order valence-electron chi connectivity index (χ2n) is 12.1. The van der Waals surface area contributed by atoms with Gasteiger partial charge in [-0.25, -0.2) is 9.97 Å². The highest BCUT2D eigenvalue weighted by atomic mass is 16.5. The van der Waals surface area contributed by atoms with Crippen molar-refractivity contribution in [3.63, 3.8) is 0 Å². The van der Waals surface area contributed by atoms with Gasteiger partial charge < -0.3 is 24.8 Å². The van der Waals surface area contributed by atoms with Crippen molar-refractivity contribution in [3.05, 3.63) is 18.0 Å². The number of amides is 1. The summed E-state index contributed by atoms with van der Waals surface area (Å²) in [6.45, 7) is 10.7. The van der Waals surface area contributed by atoms with E-state index in [1.807, 2.05) is 13.8 Å². The lowest BCUT2D eigenvalue weighted by atomic mass is 9.91. The Bertz CT molecular complexity index is 813. The van der Waals surface area contributed by atoms with Gasteiger partial charge in [-0.1, -0.05) is 32.1 Å². The molecule has 3 fully saturated rings. The topological polar surface area (TPSA) is 73.8 Å². The summed E-state index contributed by atoms with van der Waals surface area (Å²) < 4.78 is 5.32. The van der Waals surface area contributed by atoms with Gasteiger partial charge in [0.2, 0.25) is 11.9 Å². The lowest BCUT2D eigenvalue weighted by Crippen LogP contribution is -2.53. The zero-order chi connectivity index (χ0) is 26.7. The molecule has 3 saturated heterocycles. The van der Waals surface area contributed by atoms with Crippen molar-refractivity contribution in [2.45, 2.75) is 109 Å². The van der Waals surface area contributed by atoms with E-state index in [4.69, 9.17) is 14.7 Å². The van der Waals surface area contributed by atoms with Crippen LogP contribution in [0.5, 0.6) is 0 Å². The van der Waals surface area contributed by atoms with Crippen molar-refractivity contribution in [1.29, 1.82) is 0 Å². The van der Waals surface area contributed by atoms with Crippen LogP contribution in [0.3, 0.4) is 0 Å². The molecule has 1 amide bonds. The number of carbonyl (C=O) groups excluding carboxylic acids is 1. The van der Waals surface area contributed by atoms with Gasteiger partial charge in [-0.15, -0.1) is 0 Å². The Kier molecular flexibility index (Phi) is 11.6.